The predicted octanol–water partition coefficient (Wildman–Crippen LogP) is 4.25. The van der Waals surface area contributed by atoms with Crippen LogP contribution < -0.4 is 10.2 Å². The van der Waals surface area contributed by atoms with Gasteiger partial charge in [-0.3, -0.25) is 19.3 Å². The molecule has 1 aromatic heterocycles. The summed E-state index contributed by atoms with van der Waals surface area (Å²) in [6, 6.07) is 13.4. The molecule has 3 aromatic rings. The zero-order valence-corrected chi connectivity index (χ0v) is 18.8. The molecule has 2 amide bonds. The number of nitrogens with zero attached hydrogens (tertiary/aromatic N) is 2. The molecule has 7 nitrogen and oxygen atoms in total. The highest BCUT2D eigenvalue weighted by Crippen LogP contribution is 2.35. The van der Waals surface area contributed by atoms with E-state index < -0.39 is 23.6 Å². The fourth-order valence-corrected chi connectivity index (χ4v) is 3.81. The monoisotopic (exact) mass is 491 g/mol. The van der Waals surface area contributed by atoms with Gasteiger partial charge in [0.2, 0.25) is 11.8 Å². The Morgan fingerprint density at radius 2 is 1.82 bits per heavy atom. The second kappa shape index (κ2) is 10.9. The van der Waals surface area contributed by atoms with Crippen molar-refractivity contribution in [3.63, 3.8) is 0 Å². The van der Waals surface area contributed by atoms with Crippen LogP contribution in [-0.2, 0) is 38.3 Å². The van der Waals surface area contributed by atoms with Crippen LogP contribution >= 0.6 is 11.3 Å². The van der Waals surface area contributed by atoms with Gasteiger partial charge in [-0.2, -0.15) is 13.2 Å². The van der Waals surface area contributed by atoms with Crippen molar-refractivity contribution in [2.24, 2.45) is 0 Å². The van der Waals surface area contributed by atoms with Crippen molar-refractivity contribution in [1.82, 2.24) is 10.3 Å². The van der Waals surface area contributed by atoms with E-state index in [4.69, 9.17) is 4.74 Å². The summed E-state index contributed by atoms with van der Waals surface area (Å²) in [5.41, 5.74) is 0.235. The molecule has 2 aromatic carbocycles. The molecule has 0 spiro atoms. The van der Waals surface area contributed by atoms with Crippen LogP contribution in [0, 0.1) is 0 Å². The smallest absolute Gasteiger partial charge is 0.416 e. The van der Waals surface area contributed by atoms with Gasteiger partial charge in [0.25, 0.3) is 0 Å². The molecule has 0 saturated carbocycles. The van der Waals surface area contributed by atoms with Crippen LogP contribution in [-0.4, -0.2) is 29.3 Å². The largest absolute Gasteiger partial charge is 0.458 e. The SMILES string of the molecule is CC(=O)N(c1cccc(C(F)(F)F)c1)c1nc(COC(=O)CNC(=O)Cc2ccccc2)cs1. The van der Waals surface area contributed by atoms with Gasteiger partial charge in [-0.25, -0.2) is 4.98 Å². The number of anilines is 2. The lowest BCUT2D eigenvalue weighted by atomic mass is 10.1. The highest BCUT2D eigenvalue weighted by Gasteiger charge is 2.31. The Morgan fingerprint density at radius 1 is 1.09 bits per heavy atom. The standard InChI is InChI=1S/C23H20F3N3O4S/c1-15(30)29(19-9-5-8-17(11-19)23(24,25)26)22-28-18(14-34-22)13-33-21(32)12-27-20(31)10-16-6-3-2-4-7-16/h2-9,11,14H,10,12-13H2,1H3,(H,27,31). The lowest BCUT2D eigenvalue weighted by molar-refractivity contribution is -0.145. The first-order valence-electron chi connectivity index (χ1n) is 10.0. The number of carbonyl (C=O) groups is 3. The molecule has 0 radical (unpaired) electrons. The Bertz CT molecular complexity index is 1170. The van der Waals surface area contributed by atoms with Gasteiger partial charge in [-0.1, -0.05) is 36.4 Å². The fourth-order valence-electron chi connectivity index (χ4n) is 2.93. The number of ether oxygens (including phenoxy) is 1. The van der Waals surface area contributed by atoms with Gasteiger partial charge in [0.05, 0.1) is 23.4 Å². The van der Waals surface area contributed by atoms with E-state index in [1.54, 1.807) is 24.3 Å². The Kier molecular flexibility index (Phi) is 8.00. The second-order valence-corrected chi connectivity index (χ2v) is 7.96. The van der Waals surface area contributed by atoms with E-state index in [2.05, 4.69) is 10.3 Å². The van der Waals surface area contributed by atoms with Gasteiger partial charge in [-0.05, 0) is 23.8 Å². The summed E-state index contributed by atoms with van der Waals surface area (Å²) in [4.78, 5) is 41.3. The first kappa shape index (κ1) is 24.9. The van der Waals surface area contributed by atoms with Crippen molar-refractivity contribution in [3.8, 4) is 0 Å². The minimum Gasteiger partial charge on any atom is -0.458 e. The summed E-state index contributed by atoms with van der Waals surface area (Å²) in [7, 11) is 0. The van der Waals surface area contributed by atoms with E-state index in [-0.39, 0.29) is 36.3 Å². The number of rotatable bonds is 8. The molecule has 11 heteroatoms. The van der Waals surface area contributed by atoms with Crippen molar-refractivity contribution >= 4 is 39.9 Å². The Hall–Kier alpha value is -3.73. The Balaban J connectivity index is 1.57. The molecule has 0 unspecified atom stereocenters. The molecule has 3 rings (SSSR count). The number of esters is 1. The molecule has 1 N–H and O–H groups in total. The predicted molar refractivity (Wildman–Crippen MR) is 119 cm³/mol. The van der Waals surface area contributed by atoms with E-state index in [0.29, 0.717) is 5.69 Å². The zero-order chi connectivity index (χ0) is 24.7. The average molecular weight is 491 g/mol. The minimum absolute atomic E-state index is 0.0151. The van der Waals surface area contributed by atoms with Crippen LogP contribution in [0.4, 0.5) is 24.0 Å². The van der Waals surface area contributed by atoms with E-state index >= 15 is 0 Å². The Morgan fingerprint density at radius 3 is 2.50 bits per heavy atom. The lowest BCUT2D eigenvalue weighted by Crippen LogP contribution is -2.31. The summed E-state index contributed by atoms with van der Waals surface area (Å²) in [6.45, 7) is 0.657. The van der Waals surface area contributed by atoms with Gasteiger partial charge < -0.3 is 10.1 Å². The second-order valence-electron chi connectivity index (χ2n) is 7.12. The van der Waals surface area contributed by atoms with Crippen molar-refractivity contribution in [1.29, 1.82) is 0 Å². The maximum absolute atomic E-state index is 13.0. The maximum atomic E-state index is 13.0. The van der Waals surface area contributed by atoms with Crippen molar-refractivity contribution in [3.05, 3.63) is 76.8 Å². The number of halogens is 3. The van der Waals surface area contributed by atoms with Crippen LogP contribution in [0.2, 0.25) is 0 Å². The third kappa shape index (κ3) is 6.88. The van der Waals surface area contributed by atoms with E-state index in [0.717, 1.165) is 33.9 Å². The first-order valence-corrected chi connectivity index (χ1v) is 10.9. The summed E-state index contributed by atoms with van der Waals surface area (Å²) in [5, 5.41) is 4.13. The number of hydrogen-bond acceptors (Lipinski definition) is 6. The zero-order valence-electron chi connectivity index (χ0n) is 18.0. The molecule has 0 aliphatic rings. The van der Waals surface area contributed by atoms with Crippen LogP contribution in [0.3, 0.4) is 0 Å². The number of thiazole rings is 1. The molecule has 34 heavy (non-hydrogen) atoms. The van der Waals surface area contributed by atoms with Gasteiger partial charge in [-0.15, -0.1) is 11.3 Å². The molecule has 178 valence electrons. The van der Waals surface area contributed by atoms with Crippen molar-refractivity contribution in [2.75, 3.05) is 11.4 Å². The molecule has 0 fully saturated rings. The quantitative estimate of drug-likeness (QED) is 0.476. The minimum atomic E-state index is -4.56. The summed E-state index contributed by atoms with van der Waals surface area (Å²) >= 11 is 1.02. The molecule has 0 atom stereocenters. The normalized spacial score (nSPS) is 11.1. The Labute approximate surface area is 197 Å². The van der Waals surface area contributed by atoms with Gasteiger partial charge in [0.15, 0.2) is 5.13 Å². The molecular formula is C23H20F3N3O4S. The number of benzene rings is 2. The van der Waals surface area contributed by atoms with Crippen molar-refractivity contribution in [2.45, 2.75) is 26.1 Å². The van der Waals surface area contributed by atoms with Crippen molar-refractivity contribution < 1.29 is 32.3 Å². The average Bonchev–Trinajstić information content (AvgIpc) is 3.25. The molecule has 0 saturated heterocycles. The topological polar surface area (TPSA) is 88.6 Å². The van der Waals surface area contributed by atoms with E-state index in [9.17, 15) is 27.6 Å². The van der Waals surface area contributed by atoms with Crippen LogP contribution in [0.25, 0.3) is 0 Å². The number of amides is 2. The highest BCUT2D eigenvalue weighted by atomic mass is 32.1. The highest BCUT2D eigenvalue weighted by molar-refractivity contribution is 7.14. The first-order chi connectivity index (χ1) is 16.1. The van der Waals surface area contributed by atoms with E-state index in [1.807, 2.05) is 6.07 Å². The number of aromatic nitrogens is 1. The van der Waals surface area contributed by atoms with Crippen LogP contribution in [0.15, 0.2) is 60.0 Å². The van der Waals surface area contributed by atoms with Gasteiger partial charge in [0, 0.05) is 12.3 Å². The fraction of sp³-hybridized carbons (Fsp3) is 0.217. The molecule has 0 aliphatic carbocycles. The summed E-state index contributed by atoms with van der Waals surface area (Å²) in [6.07, 6.45) is -4.43. The molecule has 0 aliphatic heterocycles. The molecular weight excluding hydrogens is 471 g/mol. The maximum Gasteiger partial charge on any atom is 0.416 e. The third-order valence-corrected chi connectivity index (χ3v) is 5.37. The summed E-state index contributed by atoms with van der Waals surface area (Å²) < 4.78 is 44.2. The summed E-state index contributed by atoms with van der Waals surface area (Å²) in [5.74, 6) is -1.55. The molecule has 0 bridgehead atoms. The number of hydrogen-bond donors (Lipinski definition) is 1. The lowest BCUT2D eigenvalue weighted by Gasteiger charge is -2.19. The molecule has 1 heterocycles. The van der Waals surface area contributed by atoms with Gasteiger partial charge >= 0.3 is 12.1 Å². The number of nitrogens with one attached hydrogen (secondary N) is 1. The van der Waals surface area contributed by atoms with Gasteiger partial charge in [0.1, 0.15) is 13.2 Å². The third-order valence-electron chi connectivity index (χ3n) is 4.50. The van der Waals surface area contributed by atoms with Crippen LogP contribution in [0.5, 0.6) is 0 Å². The van der Waals surface area contributed by atoms with E-state index in [1.165, 1.54) is 24.4 Å². The van der Waals surface area contributed by atoms with Crippen LogP contribution in [0.1, 0.15) is 23.7 Å². The number of carbonyl (C=O) groups excluding carboxylic acids is 3. The number of alkyl halides is 3.